The van der Waals surface area contributed by atoms with Gasteiger partial charge in [0.1, 0.15) is 0 Å². The standard InChI is InChI=1S/C17H19N3O2/c1-18-16(21)11-5-4-6-12(9-11)20-15-10-19-17(22)14-8-3-2-7-13(14)15/h4-6,9-10,20H,2-3,7-8H2,1H3,(H,18,21)(H,19,22). The molecule has 1 aromatic heterocycles. The molecule has 5 heteroatoms. The van der Waals surface area contributed by atoms with Crippen molar-refractivity contribution in [3.63, 3.8) is 0 Å². The van der Waals surface area contributed by atoms with E-state index in [0.29, 0.717) is 5.56 Å². The average Bonchev–Trinajstić information content (AvgIpc) is 2.57. The van der Waals surface area contributed by atoms with Gasteiger partial charge in [-0.1, -0.05) is 6.07 Å². The molecule has 1 aromatic carbocycles. The summed E-state index contributed by atoms with van der Waals surface area (Å²) in [6, 6.07) is 7.32. The van der Waals surface area contributed by atoms with Crippen LogP contribution in [0, 0.1) is 0 Å². The van der Waals surface area contributed by atoms with Crippen molar-refractivity contribution >= 4 is 17.3 Å². The molecule has 3 N–H and O–H groups in total. The summed E-state index contributed by atoms with van der Waals surface area (Å²) in [5, 5.41) is 5.94. The molecule has 5 nitrogen and oxygen atoms in total. The van der Waals surface area contributed by atoms with Crippen LogP contribution in [0.5, 0.6) is 0 Å². The van der Waals surface area contributed by atoms with Crippen LogP contribution in [0.3, 0.4) is 0 Å². The van der Waals surface area contributed by atoms with E-state index in [2.05, 4.69) is 15.6 Å². The Morgan fingerprint density at radius 3 is 2.73 bits per heavy atom. The number of hydrogen-bond donors (Lipinski definition) is 3. The Balaban J connectivity index is 1.94. The number of benzene rings is 1. The minimum absolute atomic E-state index is 0.0133. The molecule has 0 radical (unpaired) electrons. The molecule has 0 unspecified atom stereocenters. The highest BCUT2D eigenvalue weighted by molar-refractivity contribution is 5.95. The fourth-order valence-electron chi connectivity index (χ4n) is 2.91. The number of rotatable bonds is 3. The Morgan fingerprint density at radius 1 is 1.18 bits per heavy atom. The zero-order valence-corrected chi connectivity index (χ0v) is 12.5. The third kappa shape index (κ3) is 2.74. The second-order valence-electron chi connectivity index (χ2n) is 5.48. The fraction of sp³-hybridized carbons (Fsp3) is 0.294. The summed E-state index contributed by atoms with van der Waals surface area (Å²) in [6.07, 6.45) is 5.63. The van der Waals surface area contributed by atoms with Crippen LogP contribution >= 0.6 is 0 Å². The summed E-state index contributed by atoms with van der Waals surface area (Å²) >= 11 is 0. The van der Waals surface area contributed by atoms with Crippen LogP contribution in [0.4, 0.5) is 11.4 Å². The van der Waals surface area contributed by atoms with E-state index in [4.69, 9.17) is 0 Å². The molecule has 0 spiro atoms. The van der Waals surface area contributed by atoms with Crippen molar-refractivity contribution < 1.29 is 4.79 Å². The van der Waals surface area contributed by atoms with Crippen LogP contribution in [0.1, 0.15) is 34.3 Å². The number of anilines is 2. The number of aromatic nitrogens is 1. The molecule has 0 saturated heterocycles. The number of fused-ring (bicyclic) bond motifs is 1. The topological polar surface area (TPSA) is 74.0 Å². The lowest BCUT2D eigenvalue weighted by Gasteiger charge is -2.19. The first-order chi connectivity index (χ1) is 10.7. The first kappa shape index (κ1) is 14.4. The summed E-state index contributed by atoms with van der Waals surface area (Å²) in [7, 11) is 1.61. The van der Waals surface area contributed by atoms with Gasteiger partial charge in [-0.2, -0.15) is 0 Å². The maximum absolute atomic E-state index is 11.9. The quantitative estimate of drug-likeness (QED) is 0.814. The molecule has 3 rings (SSSR count). The van der Waals surface area contributed by atoms with Crippen LogP contribution in [0.25, 0.3) is 0 Å². The van der Waals surface area contributed by atoms with E-state index in [1.165, 1.54) is 0 Å². The van der Waals surface area contributed by atoms with E-state index in [0.717, 1.165) is 48.2 Å². The largest absolute Gasteiger partial charge is 0.355 e. The van der Waals surface area contributed by atoms with E-state index in [-0.39, 0.29) is 11.5 Å². The van der Waals surface area contributed by atoms with Gasteiger partial charge in [0.2, 0.25) is 0 Å². The highest BCUT2D eigenvalue weighted by atomic mass is 16.1. The summed E-state index contributed by atoms with van der Waals surface area (Å²) in [6.45, 7) is 0. The number of H-pyrrole nitrogens is 1. The van der Waals surface area contributed by atoms with E-state index < -0.39 is 0 Å². The number of pyridine rings is 1. The number of nitrogens with one attached hydrogen (secondary N) is 3. The second-order valence-corrected chi connectivity index (χ2v) is 5.48. The summed E-state index contributed by atoms with van der Waals surface area (Å²) in [4.78, 5) is 26.4. The van der Waals surface area contributed by atoms with E-state index in [1.54, 1.807) is 25.4 Å². The molecule has 2 aromatic rings. The molecule has 0 atom stereocenters. The first-order valence-corrected chi connectivity index (χ1v) is 7.51. The predicted molar refractivity (Wildman–Crippen MR) is 86.8 cm³/mol. The number of hydrogen-bond acceptors (Lipinski definition) is 3. The minimum Gasteiger partial charge on any atom is -0.355 e. The lowest BCUT2D eigenvalue weighted by molar-refractivity contribution is 0.0963. The van der Waals surface area contributed by atoms with Gasteiger partial charge in [0.05, 0.1) is 5.69 Å². The zero-order chi connectivity index (χ0) is 15.5. The van der Waals surface area contributed by atoms with E-state index in [9.17, 15) is 9.59 Å². The molecule has 1 aliphatic carbocycles. The minimum atomic E-state index is -0.118. The molecule has 1 amide bonds. The SMILES string of the molecule is CNC(=O)c1cccc(Nc2c[nH]c(=O)c3c2CCCC3)c1. The highest BCUT2D eigenvalue weighted by Crippen LogP contribution is 2.27. The summed E-state index contributed by atoms with van der Waals surface area (Å²) in [5.41, 5.74) is 4.36. The molecule has 1 aliphatic rings. The molecule has 0 bridgehead atoms. The molecule has 0 fully saturated rings. The van der Waals surface area contributed by atoms with Gasteiger partial charge in [-0.3, -0.25) is 9.59 Å². The number of carbonyl (C=O) groups excluding carboxylic acids is 1. The summed E-state index contributed by atoms with van der Waals surface area (Å²) < 4.78 is 0. The normalized spacial score (nSPS) is 13.3. The van der Waals surface area contributed by atoms with Gasteiger partial charge in [0.15, 0.2) is 0 Å². The predicted octanol–water partition coefficient (Wildman–Crippen LogP) is 2.36. The molecule has 114 valence electrons. The molecule has 0 aliphatic heterocycles. The third-order valence-electron chi connectivity index (χ3n) is 4.05. The van der Waals surface area contributed by atoms with E-state index >= 15 is 0 Å². The van der Waals surface area contributed by atoms with Gasteiger partial charge in [0, 0.05) is 30.1 Å². The Morgan fingerprint density at radius 2 is 1.95 bits per heavy atom. The lowest BCUT2D eigenvalue weighted by Crippen LogP contribution is -2.20. The van der Waals surface area contributed by atoms with Gasteiger partial charge in [0.25, 0.3) is 11.5 Å². The maximum Gasteiger partial charge on any atom is 0.251 e. The number of amides is 1. The number of aromatic amines is 1. The van der Waals surface area contributed by atoms with Crippen molar-refractivity contribution in [2.24, 2.45) is 0 Å². The Kier molecular flexibility index (Phi) is 3.96. The van der Waals surface area contributed by atoms with Gasteiger partial charge >= 0.3 is 0 Å². The average molecular weight is 297 g/mol. The summed E-state index contributed by atoms with van der Waals surface area (Å²) in [5.74, 6) is -0.118. The molecule has 1 heterocycles. The smallest absolute Gasteiger partial charge is 0.251 e. The van der Waals surface area contributed by atoms with Gasteiger partial charge in [-0.15, -0.1) is 0 Å². The third-order valence-corrected chi connectivity index (χ3v) is 4.05. The van der Waals surface area contributed by atoms with Crippen molar-refractivity contribution in [3.8, 4) is 0 Å². The van der Waals surface area contributed by atoms with Crippen molar-refractivity contribution in [1.82, 2.24) is 10.3 Å². The maximum atomic E-state index is 11.9. The Bertz CT molecular complexity index is 765. The van der Waals surface area contributed by atoms with Gasteiger partial charge in [-0.05, 0) is 49.4 Å². The Labute approximate surface area is 128 Å². The van der Waals surface area contributed by atoms with E-state index in [1.807, 2.05) is 12.1 Å². The van der Waals surface area contributed by atoms with Gasteiger partial charge < -0.3 is 15.6 Å². The van der Waals surface area contributed by atoms with Crippen LogP contribution in [0.15, 0.2) is 35.3 Å². The highest BCUT2D eigenvalue weighted by Gasteiger charge is 2.16. The van der Waals surface area contributed by atoms with Gasteiger partial charge in [-0.25, -0.2) is 0 Å². The first-order valence-electron chi connectivity index (χ1n) is 7.51. The van der Waals surface area contributed by atoms with Crippen molar-refractivity contribution in [1.29, 1.82) is 0 Å². The zero-order valence-electron chi connectivity index (χ0n) is 12.5. The molecule has 0 saturated carbocycles. The van der Waals surface area contributed by atoms with Crippen LogP contribution in [-0.4, -0.2) is 17.9 Å². The van der Waals surface area contributed by atoms with Crippen LogP contribution < -0.4 is 16.2 Å². The second kappa shape index (κ2) is 6.05. The van der Waals surface area contributed by atoms with Crippen molar-refractivity contribution in [2.75, 3.05) is 12.4 Å². The van der Waals surface area contributed by atoms with Crippen LogP contribution in [-0.2, 0) is 12.8 Å². The Hall–Kier alpha value is -2.56. The molecular weight excluding hydrogens is 278 g/mol. The monoisotopic (exact) mass is 297 g/mol. The molecular formula is C17H19N3O2. The van der Waals surface area contributed by atoms with Crippen molar-refractivity contribution in [3.05, 3.63) is 57.5 Å². The fourth-order valence-corrected chi connectivity index (χ4v) is 2.91. The van der Waals surface area contributed by atoms with Crippen molar-refractivity contribution in [2.45, 2.75) is 25.7 Å². The lowest BCUT2D eigenvalue weighted by atomic mass is 9.92. The van der Waals surface area contributed by atoms with Crippen LogP contribution in [0.2, 0.25) is 0 Å². The molecule has 22 heavy (non-hydrogen) atoms. The number of carbonyl (C=O) groups is 1.